The number of carbonyl (C=O) groups is 2. The fourth-order valence-corrected chi connectivity index (χ4v) is 2.59. The molecule has 1 heterocycles. The Bertz CT molecular complexity index is 652. The molecule has 0 aliphatic carbocycles. The number of aryl methyl sites for hydroxylation is 1. The number of carbonyl (C=O) groups excluding carboxylic acids is 2. The van der Waals surface area contributed by atoms with Crippen molar-refractivity contribution in [2.75, 3.05) is 12.4 Å². The van der Waals surface area contributed by atoms with Gasteiger partial charge in [0, 0.05) is 10.9 Å². The van der Waals surface area contributed by atoms with Gasteiger partial charge in [0.2, 0.25) is 0 Å². The Hall–Kier alpha value is -2.21. The fraction of sp³-hybridized carbons (Fsp3) is 0.267. The molecule has 2 rings (SSSR count). The first-order valence-corrected chi connectivity index (χ1v) is 7.42. The van der Waals surface area contributed by atoms with Crippen LogP contribution < -0.4 is 5.32 Å². The molecule has 0 radical (unpaired) electrons. The fourth-order valence-electron chi connectivity index (χ4n) is 1.88. The summed E-state index contributed by atoms with van der Waals surface area (Å²) in [6, 6.07) is 7.46. The third kappa shape index (κ3) is 3.88. The van der Waals surface area contributed by atoms with E-state index in [0.29, 0.717) is 16.4 Å². The number of anilines is 1. The molecule has 21 heavy (non-hydrogen) atoms. The third-order valence-electron chi connectivity index (χ3n) is 2.97. The molecule has 0 aliphatic heterocycles. The number of thiazole rings is 1. The van der Waals surface area contributed by atoms with Gasteiger partial charge in [-0.2, -0.15) is 0 Å². The Morgan fingerprint density at radius 2 is 2.10 bits per heavy atom. The van der Waals surface area contributed by atoms with Gasteiger partial charge in [-0.1, -0.05) is 25.1 Å². The zero-order chi connectivity index (χ0) is 15.2. The predicted octanol–water partition coefficient (Wildman–Crippen LogP) is 2.67. The van der Waals surface area contributed by atoms with Crippen LogP contribution in [0, 0.1) is 0 Å². The van der Waals surface area contributed by atoms with E-state index in [0.717, 1.165) is 12.0 Å². The van der Waals surface area contributed by atoms with Crippen molar-refractivity contribution in [3.05, 3.63) is 46.5 Å². The monoisotopic (exact) mass is 304 g/mol. The van der Waals surface area contributed by atoms with Gasteiger partial charge in [0.1, 0.15) is 0 Å². The molecule has 1 aromatic heterocycles. The van der Waals surface area contributed by atoms with Crippen molar-refractivity contribution >= 4 is 28.3 Å². The van der Waals surface area contributed by atoms with E-state index in [1.807, 2.05) is 25.1 Å². The summed E-state index contributed by atoms with van der Waals surface area (Å²) in [7, 11) is 1.33. The quantitative estimate of drug-likeness (QED) is 0.862. The van der Waals surface area contributed by atoms with Crippen molar-refractivity contribution in [2.45, 2.75) is 19.8 Å². The summed E-state index contributed by atoms with van der Waals surface area (Å²) in [5.41, 5.74) is 2.22. The number of nitrogens with zero attached hydrogens (tertiary/aromatic N) is 1. The third-order valence-corrected chi connectivity index (χ3v) is 3.77. The number of esters is 1. The number of ether oxygens (including phenoxy) is 1. The molecule has 1 amide bonds. The molecule has 0 saturated heterocycles. The molecular formula is C15H16N2O3S. The van der Waals surface area contributed by atoms with Crippen molar-refractivity contribution < 1.29 is 14.3 Å². The minimum Gasteiger partial charge on any atom is -0.469 e. The van der Waals surface area contributed by atoms with Gasteiger partial charge in [0.15, 0.2) is 5.13 Å². The average Bonchev–Trinajstić information content (AvgIpc) is 2.93. The maximum absolute atomic E-state index is 12.2. The molecule has 0 fully saturated rings. The number of nitrogens with one attached hydrogen (secondary N) is 1. The normalized spacial score (nSPS) is 10.2. The van der Waals surface area contributed by atoms with Crippen LogP contribution in [0.2, 0.25) is 0 Å². The zero-order valence-electron chi connectivity index (χ0n) is 11.9. The van der Waals surface area contributed by atoms with Gasteiger partial charge in [0.05, 0.1) is 19.2 Å². The summed E-state index contributed by atoms with van der Waals surface area (Å²) in [6.07, 6.45) is 0.892. The van der Waals surface area contributed by atoms with Crippen LogP contribution in [0.5, 0.6) is 0 Å². The van der Waals surface area contributed by atoms with Gasteiger partial charge in [-0.15, -0.1) is 11.3 Å². The lowest BCUT2D eigenvalue weighted by atomic mass is 10.1. The van der Waals surface area contributed by atoms with Crippen LogP contribution in [0.1, 0.15) is 28.5 Å². The molecule has 0 aliphatic rings. The molecule has 1 aromatic carbocycles. The van der Waals surface area contributed by atoms with E-state index in [-0.39, 0.29) is 18.3 Å². The summed E-state index contributed by atoms with van der Waals surface area (Å²) in [5.74, 6) is -0.541. The first-order chi connectivity index (χ1) is 10.1. The summed E-state index contributed by atoms with van der Waals surface area (Å²) in [5, 5.41) is 4.97. The number of amides is 1. The van der Waals surface area contributed by atoms with Crippen molar-refractivity contribution in [2.24, 2.45) is 0 Å². The molecule has 2 aromatic rings. The van der Waals surface area contributed by atoms with Gasteiger partial charge in [0.25, 0.3) is 5.91 Å². The lowest BCUT2D eigenvalue weighted by Crippen LogP contribution is -2.14. The van der Waals surface area contributed by atoms with Crippen LogP contribution in [0.25, 0.3) is 0 Å². The van der Waals surface area contributed by atoms with Gasteiger partial charge in [-0.25, -0.2) is 4.98 Å². The van der Waals surface area contributed by atoms with E-state index in [9.17, 15) is 9.59 Å². The molecule has 0 spiro atoms. The Balaban J connectivity index is 2.08. The molecular weight excluding hydrogens is 288 g/mol. The van der Waals surface area contributed by atoms with Crippen LogP contribution in [0.4, 0.5) is 5.13 Å². The standard InChI is InChI=1S/C15H16N2O3S/c1-3-10-6-4-5-7-12(10)14(19)17-15-16-11(9-21-15)8-13(18)20-2/h4-7,9H,3,8H2,1-2H3,(H,16,17,19). The maximum atomic E-state index is 12.2. The van der Waals surface area contributed by atoms with Gasteiger partial charge < -0.3 is 4.74 Å². The van der Waals surface area contributed by atoms with Crippen molar-refractivity contribution in [1.29, 1.82) is 0 Å². The summed E-state index contributed by atoms with van der Waals surface area (Å²) < 4.78 is 4.58. The SMILES string of the molecule is CCc1ccccc1C(=O)Nc1nc(CC(=O)OC)cs1. The highest BCUT2D eigenvalue weighted by Gasteiger charge is 2.13. The van der Waals surface area contributed by atoms with Crippen LogP contribution in [-0.4, -0.2) is 24.0 Å². The molecule has 0 atom stereocenters. The van der Waals surface area contributed by atoms with E-state index < -0.39 is 0 Å². The average molecular weight is 304 g/mol. The summed E-state index contributed by atoms with van der Waals surface area (Å²) in [6.45, 7) is 2.00. The molecule has 0 saturated carbocycles. The second kappa shape index (κ2) is 6.99. The Morgan fingerprint density at radius 3 is 2.81 bits per heavy atom. The second-order valence-corrected chi connectivity index (χ2v) is 5.22. The second-order valence-electron chi connectivity index (χ2n) is 4.36. The van der Waals surface area contributed by atoms with Gasteiger partial charge in [-0.05, 0) is 18.1 Å². The van der Waals surface area contributed by atoms with Crippen LogP contribution >= 0.6 is 11.3 Å². The highest BCUT2D eigenvalue weighted by Crippen LogP contribution is 2.18. The van der Waals surface area contributed by atoms with E-state index in [1.165, 1.54) is 18.4 Å². The molecule has 6 heteroatoms. The van der Waals surface area contributed by atoms with Crippen molar-refractivity contribution in [3.63, 3.8) is 0 Å². The lowest BCUT2D eigenvalue weighted by molar-refractivity contribution is -0.139. The highest BCUT2D eigenvalue weighted by atomic mass is 32.1. The minimum absolute atomic E-state index is 0.106. The van der Waals surface area contributed by atoms with Crippen LogP contribution in [0.3, 0.4) is 0 Å². The Morgan fingerprint density at radius 1 is 1.33 bits per heavy atom. The molecule has 5 nitrogen and oxygen atoms in total. The summed E-state index contributed by atoms with van der Waals surface area (Å²) in [4.78, 5) is 27.6. The zero-order valence-corrected chi connectivity index (χ0v) is 12.7. The van der Waals surface area contributed by atoms with Crippen molar-refractivity contribution in [3.8, 4) is 0 Å². The molecule has 0 bridgehead atoms. The number of benzene rings is 1. The van der Waals surface area contributed by atoms with Crippen LogP contribution in [0.15, 0.2) is 29.6 Å². The molecule has 0 unspecified atom stereocenters. The number of hydrogen-bond donors (Lipinski definition) is 1. The molecule has 1 N–H and O–H groups in total. The maximum Gasteiger partial charge on any atom is 0.311 e. The number of rotatable bonds is 5. The van der Waals surface area contributed by atoms with Crippen molar-refractivity contribution in [1.82, 2.24) is 4.98 Å². The van der Waals surface area contributed by atoms with Crippen LogP contribution in [-0.2, 0) is 22.4 Å². The Labute approximate surface area is 127 Å². The first kappa shape index (κ1) is 15.2. The van der Waals surface area contributed by atoms with E-state index in [1.54, 1.807) is 11.4 Å². The van der Waals surface area contributed by atoms with E-state index in [4.69, 9.17) is 0 Å². The van der Waals surface area contributed by atoms with E-state index >= 15 is 0 Å². The van der Waals surface area contributed by atoms with Gasteiger partial charge in [-0.3, -0.25) is 14.9 Å². The number of aromatic nitrogens is 1. The topological polar surface area (TPSA) is 68.3 Å². The van der Waals surface area contributed by atoms with Gasteiger partial charge >= 0.3 is 5.97 Å². The lowest BCUT2D eigenvalue weighted by Gasteiger charge is -2.06. The number of methoxy groups -OCH3 is 1. The highest BCUT2D eigenvalue weighted by molar-refractivity contribution is 7.14. The first-order valence-electron chi connectivity index (χ1n) is 6.54. The summed E-state index contributed by atoms with van der Waals surface area (Å²) >= 11 is 1.29. The number of hydrogen-bond acceptors (Lipinski definition) is 5. The molecule has 110 valence electrons. The smallest absolute Gasteiger partial charge is 0.311 e. The predicted molar refractivity (Wildman–Crippen MR) is 81.6 cm³/mol. The van der Waals surface area contributed by atoms with E-state index in [2.05, 4.69) is 15.0 Å². The Kier molecular flexibility index (Phi) is 5.05. The minimum atomic E-state index is -0.352. The largest absolute Gasteiger partial charge is 0.469 e.